The first-order valence-electron chi connectivity index (χ1n) is 5.61. The smallest absolute Gasteiger partial charge is 0.307 e. The van der Waals surface area contributed by atoms with E-state index in [1.165, 1.54) is 7.11 Å². The van der Waals surface area contributed by atoms with Crippen molar-refractivity contribution in [2.45, 2.75) is 19.8 Å². The van der Waals surface area contributed by atoms with Crippen LogP contribution in [0, 0.1) is 0 Å². The Kier molecular flexibility index (Phi) is 11.9. The van der Waals surface area contributed by atoms with E-state index in [4.69, 9.17) is 14.2 Å². The number of ether oxygens (including phenoxy) is 4. The zero-order valence-electron chi connectivity index (χ0n) is 10.2. The van der Waals surface area contributed by atoms with Crippen molar-refractivity contribution in [3.05, 3.63) is 0 Å². The number of hydrogen-bond acceptors (Lipinski definition) is 5. The highest BCUT2D eigenvalue weighted by atomic mass is 16.5. The summed E-state index contributed by atoms with van der Waals surface area (Å²) in [5, 5.41) is 0. The highest BCUT2D eigenvalue weighted by Crippen LogP contribution is 1.87. The van der Waals surface area contributed by atoms with Crippen LogP contribution in [0.2, 0.25) is 0 Å². The summed E-state index contributed by atoms with van der Waals surface area (Å²) in [6.07, 6.45) is 1.31. The van der Waals surface area contributed by atoms with Crippen LogP contribution in [0.25, 0.3) is 0 Å². The van der Waals surface area contributed by atoms with E-state index in [1.807, 2.05) is 0 Å². The van der Waals surface area contributed by atoms with E-state index < -0.39 is 0 Å². The topological polar surface area (TPSA) is 54.0 Å². The van der Waals surface area contributed by atoms with Crippen LogP contribution in [0.1, 0.15) is 19.8 Å². The first-order valence-corrected chi connectivity index (χ1v) is 5.61. The zero-order chi connectivity index (χ0) is 12.1. The molecule has 0 saturated carbocycles. The summed E-state index contributed by atoms with van der Waals surface area (Å²) in [7, 11) is 1.36. The molecule has 96 valence electrons. The highest BCUT2D eigenvalue weighted by Gasteiger charge is 1.98. The molecule has 0 aliphatic heterocycles. The molecule has 0 rings (SSSR count). The van der Waals surface area contributed by atoms with Gasteiger partial charge in [0.1, 0.15) is 0 Å². The third-order valence-corrected chi connectivity index (χ3v) is 1.77. The maximum atomic E-state index is 10.7. The molecule has 0 spiro atoms. The predicted octanol–water partition coefficient (Wildman–Crippen LogP) is 1.01. The lowest BCUT2D eigenvalue weighted by atomic mass is 10.5. The minimum absolute atomic E-state index is 0.256. The summed E-state index contributed by atoms with van der Waals surface area (Å²) in [5.74, 6) is -0.256. The van der Waals surface area contributed by atoms with Crippen molar-refractivity contribution in [3.8, 4) is 0 Å². The van der Waals surface area contributed by atoms with Gasteiger partial charge >= 0.3 is 5.97 Å². The second-order valence-corrected chi connectivity index (χ2v) is 3.16. The fraction of sp³-hybridized carbons (Fsp3) is 0.909. The molecule has 0 aromatic carbocycles. The van der Waals surface area contributed by atoms with E-state index in [2.05, 4.69) is 11.7 Å². The lowest BCUT2D eigenvalue weighted by Gasteiger charge is -2.05. The third-order valence-electron chi connectivity index (χ3n) is 1.77. The first kappa shape index (κ1) is 15.3. The lowest BCUT2D eigenvalue weighted by Crippen LogP contribution is -2.11. The molecule has 0 unspecified atom stereocenters. The molecule has 0 N–H and O–H groups in total. The van der Waals surface area contributed by atoms with E-state index >= 15 is 0 Å². The van der Waals surface area contributed by atoms with Crippen LogP contribution in [0.5, 0.6) is 0 Å². The molecule has 0 aliphatic carbocycles. The van der Waals surface area contributed by atoms with E-state index in [-0.39, 0.29) is 12.4 Å². The fourth-order valence-electron chi connectivity index (χ4n) is 0.944. The molecule has 0 aromatic heterocycles. The Bertz CT molecular complexity index is 160. The molecule has 0 fully saturated rings. The van der Waals surface area contributed by atoms with E-state index in [0.717, 1.165) is 13.0 Å². The Morgan fingerprint density at radius 2 is 1.38 bits per heavy atom. The van der Waals surface area contributed by atoms with Gasteiger partial charge in [-0.05, 0) is 6.42 Å². The molecule has 5 heteroatoms. The van der Waals surface area contributed by atoms with Crippen LogP contribution in [-0.2, 0) is 23.7 Å². The number of carbonyl (C=O) groups excluding carboxylic acids is 1. The Morgan fingerprint density at radius 3 is 1.88 bits per heavy atom. The van der Waals surface area contributed by atoms with Crippen LogP contribution in [0.4, 0.5) is 0 Å². The molecule has 0 bridgehead atoms. The van der Waals surface area contributed by atoms with Crippen LogP contribution >= 0.6 is 0 Å². The number of esters is 1. The van der Waals surface area contributed by atoms with E-state index in [1.54, 1.807) is 0 Å². The van der Waals surface area contributed by atoms with Gasteiger partial charge in [0.15, 0.2) is 0 Å². The summed E-state index contributed by atoms with van der Waals surface area (Å²) in [5.41, 5.74) is 0. The first-order chi connectivity index (χ1) is 7.81. The standard InChI is InChI=1S/C11H22O5/c1-3-5-14-7-9-16-10-8-15-6-4-11(12)13-2/h3-10H2,1-2H3. The Morgan fingerprint density at radius 1 is 0.875 bits per heavy atom. The Labute approximate surface area is 97.0 Å². The van der Waals surface area contributed by atoms with Crippen LogP contribution in [0.3, 0.4) is 0 Å². The van der Waals surface area contributed by atoms with Gasteiger partial charge < -0.3 is 18.9 Å². The molecule has 0 aromatic rings. The minimum Gasteiger partial charge on any atom is -0.469 e. The lowest BCUT2D eigenvalue weighted by molar-refractivity contribution is -0.141. The van der Waals surface area contributed by atoms with Gasteiger partial charge in [-0.25, -0.2) is 0 Å². The molecule has 0 atom stereocenters. The van der Waals surface area contributed by atoms with Crippen LogP contribution < -0.4 is 0 Å². The van der Waals surface area contributed by atoms with Crippen molar-refractivity contribution < 1.29 is 23.7 Å². The SMILES string of the molecule is CCCOCCOCCOCCC(=O)OC. The molecule has 0 radical (unpaired) electrons. The number of hydrogen-bond donors (Lipinski definition) is 0. The molecule has 0 aliphatic rings. The molecule has 5 nitrogen and oxygen atoms in total. The fourth-order valence-corrected chi connectivity index (χ4v) is 0.944. The van der Waals surface area contributed by atoms with Gasteiger partial charge in [-0.2, -0.15) is 0 Å². The van der Waals surface area contributed by atoms with Crippen molar-refractivity contribution in [1.29, 1.82) is 0 Å². The van der Waals surface area contributed by atoms with Crippen molar-refractivity contribution >= 4 is 5.97 Å². The van der Waals surface area contributed by atoms with Crippen molar-refractivity contribution in [2.75, 3.05) is 46.8 Å². The van der Waals surface area contributed by atoms with Crippen LogP contribution in [-0.4, -0.2) is 52.7 Å². The largest absolute Gasteiger partial charge is 0.469 e. The molecule has 0 saturated heterocycles. The Hall–Kier alpha value is -0.650. The van der Waals surface area contributed by atoms with Gasteiger partial charge in [-0.15, -0.1) is 0 Å². The average Bonchev–Trinajstić information content (AvgIpc) is 2.31. The summed E-state index contributed by atoms with van der Waals surface area (Å²) in [4.78, 5) is 10.7. The molecule has 0 heterocycles. The van der Waals surface area contributed by atoms with E-state index in [0.29, 0.717) is 33.0 Å². The summed E-state index contributed by atoms with van der Waals surface area (Å²) in [6, 6.07) is 0. The molecule has 0 amide bonds. The van der Waals surface area contributed by atoms with Crippen molar-refractivity contribution in [1.82, 2.24) is 0 Å². The second kappa shape index (κ2) is 12.4. The van der Waals surface area contributed by atoms with Gasteiger partial charge in [0.05, 0.1) is 46.6 Å². The van der Waals surface area contributed by atoms with E-state index in [9.17, 15) is 4.79 Å². The maximum absolute atomic E-state index is 10.7. The van der Waals surface area contributed by atoms with Gasteiger partial charge in [0, 0.05) is 6.61 Å². The summed E-state index contributed by atoms with van der Waals surface area (Å²) < 4.78 is 20.1. The Balaban J connectivity index is 2.96. The van der Waals surface area contributed by atoms with Gasteiger partial charge in [-0.1, -0.05) is 6.92 Å². The van der Waals surface area contributed by atoms with Crippen molar-refractivity contribution in [3.63, 3.8) is 0 Å². The summed E-state index contributed by atoms with van der Waals surface area (Å²) >= 11 is 0. The molecule has 16 heavy (non-hydrogen) atoms. The number of methoxy groups -OCH3 is 1. The summed E-state index contributed by atoms with van der Waals surface area (Å²) in [6.45, 7) is 5.44. The molecular weight excluding hydrogens is 212 g/mol. The highest BCUT2D eigenvalue weighted by molar-refractivity contribution is 5.69. The van der Waals surface area contributed by atoms with Gasteiger partial charge in [0.2, 0.25) is 0 Å². The average molecular weight is 234 g/mol. The quantitative estimate of drug-likeness (QED) is 0.394. The molecular formula is C11H22O5. The normalized spacial score (nSPS) is 10.4. The monoisotopic (exact) mass is 234 g/mol. The van der Waals surface area contributed by atoms with Gasteiger partial charge in [0.25, 0.3) is 0 Å². The second-order valence-electron chi connectivity index (χ2n) is 3.16. The third kappa shape index (κ3) is 11.4. The maximum Gasteiger partial charge on any atom is 0.307 e. The number of carbonyl (C=O) groups is 1. The van der Waals surface area contributed by atoms with Gasteiger partial charge in [-0.3, -0.25) is 4.79 Å². The number of rotatable bonds is 11. The zero-order valence-corrected chi connectivity index (χ0v) is 10.2. The van der Waals surface area contributed by atoms with Crippen molar-refractivity contribution in [2.24, 2.45) is 0 Å². The minimum atomic E-state index is -0.256. The predicted molar refractivity (Wildman–Crippen MR) is 59.4 cm³/mol. The van der Waals surface area contributed by atoms with Crippen LogP contribution in [0.15, 0.2) is 0 Å².